The van der Waals surface area contributed by atoms with Gasteiger partial charge in [-0.1, -0.05) is 23.5 Å². The first-order valence-electron chi connectivity index (χ1n) is 6.50. The normalized spacial score (nSPS) is 10.4. The monoisotopic (exact) mass is 290 g/mol. The molecular formula is C15H18N2O2S. The molecule has 1 aromatic carbocycles. The van der Waals surface area contributed by atoms with E-state index >= 15 is 0 Å². The number of hydrogen-bond acceptors (Lipinski definition) is 5. The average Bonchev–Trinajstić information content (AvgIpc) is 2.75. The summed E-state index contributed by atoms with van der Waals surface area (Å²) in [6.45, 7) is 8.06. The first-order valence-corrected chi connectivity index (χ1v) is 7.31. The number of anilines is 2. The Hall–Kier alpha value is -1.88. The Kier molecular flexibility index (Phi) is 4.39. The van der Waals surface area contributed by atoms with Crippen molar-refractivity contribution in [1.82, 2.24) is 4.98 Å². The Morgan fingerprint density at radius 3 is 2.80 bits per heavy atom. The number of nitrogens with zero attached hydrogens (tertiary/aromatic N) is 1. The lowest BCUT2D eigenvalue weighted by molar-refractivity contribution is 0.0531. The summed E-state index contributed by atoms with van der Waals surface area (Å²) in [7, 11) is 0. The van der Waals surface area contributed by atoms with Gasteiger partial charge in [0.05, 0.1) is 12.3 Å². The zero-order chi connectivity index (χ0) is 14.7. The largest absolute Gasteiger partial charge is 0.462 e. The molecule has 0 amide bonds. The highest BCUT2D eigenvalue weighted by atomic mass is 32.1. The predicted octanol–water partition coefficient (Wildman–Crippen LogP) is 3.99. The van der Waals surface area contributed by atoms with Crippen molar-refractivity contribution in [2.75, 3.05) is 11.9 Å². The highest BCUT2D eigenvalue weighted by Crippen LogP contribution is 2.28. The van der Waals surface area contributed by atoms with E-state index in [2.05, 4.69) is 28.5 Å². The maximum Gasteiger partial charge on any atom is 0.350 e. The molecule has 2 aromatic rings. The van der Waals surface area contributed by atoms with Crippen LogP contribution in [0.2, 0.25) is 0 Å². The minimum absolute atomic E-state index is 0.309. The minimum atomic E-state index is -0.309. The number of esters is 1. The summed E-state index contributed by atoms with van der Waals surface area (Å²) in [6.07, 6.45) is 0. The summed E-state index contributed by atoms with van der Waals surface area (Å²) in [5, 5.41) is 3.98. The summed E-state index contributed by atoms with van der Waals surface area (Å²) in [5.74, 6) is -0.309. The molecule has 2 rings (SSSR count). The van der Waals surface area contributed by atoms with E-state index in [0.717, 1.165) is 11.3 Å². The quantitative estimate of drug-likeness (QED) is 0.865. The van der Waals surface area contributed by atoms with Crippen molar-refractivity contribution in [2.24, 2.45) is 0 Å². The van der Waals surface area contributed by atoms with Gasteiger partial charge in [0.25, 0.3) is 0 Å². The summed E-state index contributed by atoms with van der Waals surface area (Å²) in [6, 6.07) is 6.19. The molecular weight excluding hydrogens is 272 g/mol. The summed E-state index contributed by atoms with van der Waals surface area (Å²) in [5.41, 5.74) is 4.02. The van der Waals surface area contributed by atoms with Crippen molar-refractivity contribution in [3.63, 3.8) is 0 Å². The van der Waals surface area contributed by atoms with Crippen molar-refractivity contribution in [2.45, 2.75) is 27.7 Å². The number of ether oxygens (including phenoxy) is 1. The van der Waals surface area contributed by atoms with Crippen molar-refractivity contribution >= 4 is 28.1 Å². The van der Waals surface area contributed by atoms with E-state index in [1.807, 2.05) is 20.8 Å². The third-order valence-electron chi connectivity index (χ3n) is 2.89. The highest BCUT2D eigenvalue weighted by molar-refractivity contribution is 7.17. The molecule has 106 valence electrons. The van der Waals surface area contributed by atoms with Crippen molar-refractivity contribution in [3.05, 3.63) is 39.9 Å². The van der Waals surface area contributed by atoms with E-state index in [0.29, 0.717) is 22.3 Å². The molecule has 4 nitrogen and oxygen atoms in total. The zero-order valence-corrected chi connectivity index (χ0v) is 12.9. The molecule has 1 N–H and O–H groups in total. The Balaban J connectivity index is 2.24. The second-order valence-electron chi connectivity index (χ2n) is 4.60. The summed E-state index contributed by atoms with van der Waals surface area (Å²) < 4.78 is 5.02. The van der Waals surface area contributed by atoms with Crippen LogP contribution in [0.1, 0.15) is 33.4 Å². The maximum absolute atomic E-state index is 11.8. The number of aryl methyl sites for hydroxylation is 3. The van der Waals surface area contributed by atoms with Crippen LogP contribution in [0.25, 0.3) is 0 Å². The lowest BCUT2D eigenvalue weighted by Crippen LogP contribution is -2.03. The molecule has 0 bridgehead atoms. The smallest absolute Gasteiger partial charge is 0.350 e. The average molecular weight is 290 g/mol. The molecule has 0 saturated heterocycles. The summed E-state index contributed by atoms with van der Waals surface area (Å²) in [4.78, 5) is 16.7. The fraction of sp³-hybridized carbons (Fsp3) is 0.333. The number of hydrogen-bond donors (Lipinski definition) is 1. The number of carbonyl (C=O) groups excluding carboxylic acids is 1. The first kappa shape index (κ1) is 14.5. The van der Waals surface area contributed by atoms with Gasteiger partial charge in [0.15, 0.2) is 5.13 Å². The standard InChI is InChI=1S/C15H18N2O2S/c1-5-19-14(18)13-11(4)16-15(20-13)17-12-8-9(2)6-7-10(12)3/h6-8H,5H2,1-4H3,(H,16,17). The molecule has 0 unspecified atom stereocenters. The molecule has 0 aliphatic carbocycles. The number of nitrogens with one attached hydrogen (secondary N) is 1. The van der Waals surface area contributed by atoms with Gasteiger partial charge >= 0.3 is 5.97 Å². The topological polar surface area (TPSA) is 51.2 Å². The molecule has 5 heteroatoms. The van der Waals surface area contributed by atoms with Gasteiger partial charge in [0, 0.05) is 5.69 Å². The third kappa shape index (κ3) is 3.17. The van der Waals surface area contributed by atoms with E-state index in [9.17, 15) is 4.79 Å². The van der Waals surface area contributed by atoms with Gasteiger partial charge in [0.1, 0.15) is 4.88 Å². The third-order valence-corrected chi connectivity index (χ3v) is 3.94. The van der Waals surface area contributed by atoms with E-state index < -0.39 is 0 Å². The van der Waals surface area contributed by atoms with E-state index in [1.165, 1.54) is 16.9 Å². The Bertz CT molecular complexity index is 635. The molecule has 0 aliphatic rings. The molecule has 0 radical (unpaired) electrons. The Morgan fingerprint density at radius 1 is 1.35 bits per heavy atom. The summed E-state index contributed by atoms with van der Waals surface area (Å²) >= 11 is 1.32. The number of aromatic nitrogens is 1. The maximum atomic E-state index is 11.8. The molecule has 0 saturated carbocycles. The van der Waals surface area contributed by atoms with Gasteiger partial charge in [-0.25, -0.2) is 9.78 Å². The molecule has 0 atom stereocenters. The van der Waals surface area contributed by atoms with Crippen LogP contribution in [0, 0.1) is 20.8 Å². The zero-order valence-electron chi connectivity index (χ0n) is 12.1. The Morgan fingerprint density at radius 2 is 2.10 bits per heavy atom. The number of benzene rings is 1. The van der Waals surface area contributed by atoms with Crippen molar-refractivity contribution < 1.29 is 9.53 Å². The van der Waals surface area contributed by atoms with Crippen molar-refractivity contribution in [3.8, 4) is 0 Å². The fourth-order valence-corrected chi connectivity index (χ4v) is 2.69. The Labute approximate surface area is 122 Å². The second kappa shape index (κ2) is 6.05. The van der Waals surface area contributed by atoms with Gasteiger partial charge in [-0.2, -0.15) is 0 Å². The number of thiazole rings is 1. The molecule has 0 spiro atoms. The van der Waals surface area contributed by atoms with Gasteiger partial charge in [-0.15, -0.1) is 0 Å². The van der Waals surface area contributed by atoms with Crippen LogP contribution in [-0.4, -0.2) is 17.6 Å². The molecule has 20 heavy (non-hydrogen) atoms. The fourth-order valence-electron chi connectivity index (χ4n) is 1.82. The predicted molar refractivity (Wildman–Crippen MR) is 82.0 cm³/mol. The lowest BCUT2D eigenvalue weighted by Gasteiger charge is -2.07. The molecule has 1 aromatic heterocycles. The molecule has 1 heterocycles. The minimum Gasteiger partial charge on any atom is -0.462 e. The first-order chi connectivity index (χ1) is 9.51. The molecule has 0 aliphatic heterocycles. The number of rotatable bonds is 4. The van der Waals surface area contributed by atoms with Crippen LogP contribution in [0.3, 0.4) is 0 Å². The van der Waals surface area contributed by atoms with Crippen LogP contribution in [0.4, 0.5) is 10.8 Å². The van der Waals surface area contributed by atoms with Gasteiger partial charge < -0.3 is 10.1 Å². The SMILES string of the molecule is CCOC(=O)c1sc(Nc2cc(C)ccc2C)nc1C. The number of carbonyl (C=O) groups is 1. The van der Waals surface area contributed by atoms with Crippen LogP contribution < -0.4 is 5.32 Å². The van der Waals surface area contributed by atoms with Gasteiger partial charge in [0.2, 0.25) is 0 Å². The second-order valence-corrected chi connectivity index (χ2v) is 5.60. The van der Waals surface area contributed by atoms with Gasteiger partial charge in [-0.05, 0) is 44.9 Å². The van der Waals surface area contributed by atoms with Crippen LogP contribution in [-0.2, 0) is 4.74 Å². The van der Waals surface area contributed by atoms with Crippen LogP contribution >= 0.6 is 11.3 Å². The van der Waals surface area contributed by atoms with E-state index in [1.54, 1.807) is 6.92 Å². The van der Waals surface area contributed by atoms with E-state index in [4.69, 9.17) is 4.74 Å². The molecule has 0 fully saturated rings. The highest BCUT2D eigenvalue weighted by Gasteiger charge is 2.16. The van der Waals surface area contributed by atoms with Crippen LogP contribution in [0.15, 0.2) is 18.2 Å². The van der Waals surface area contributed by atoms with Gasteiger partial charge in [-0.3, -0.25) is 0 Å². The van der Waals surface area contributed by atoms with E-state index in [-0.39, 0.29) is 5.97 Å². The lowest BCUT2D eigenvalue weighted by atomic mass is 10.1. The van der Waals surface area contributed by atoms with Crippen molar-refractivity contribution in [1.29, 1.82) is 0 Å². The van der Waals surface area contributed by atoms with Crippen LogP contribution in [0.5, 0.6) is 0 Å².